The lowest BCUT2D eigenvalue weighted by molar-refractivity contribution is -0.136. The van der Waals surface area contributed by atoms with E-state index < -0.39 is 17.9 Å². The van der Waals surface area contributed by atoms with E-state index >= 15 is 0 Å². The minimum Gasteiger partial charge on any atom is -0.394 e. The molecule has 0 fully saturated rings. The zero-order chi connectivity index (χ0) is 24.9. The molecule has 0 heterocycles. The highest BCUT2D eigenvalue weighted by Gasteiger charge is 2.19. The van der Waals surface area contributed by atoms with E-state index in [-0.39, 0.29) is 6.61 Å². The SMILES string of the molecule is C=Nc1cc(NC(=O)C(=O)NC(CO)Cc2ccccc2)ccc1NC.CC.CC.CC. The number of aliphatic imine (C=N–C) groups is 1. The van der Waals surface area contributed by atoms with Gasteiger partial charge in [-0.25, -0.2) is 0 Å². The molecule has 0 aliphatic heterocycles. The third-order valence-electron chi connectivity index (χ3n) is 3.78. The number of hydrogen-bond acceptors (Lipinski definition) is 5. The fraction of sp³-hybridized carbons (Fsp3) is 0.400. The Morgan fingerprint density at radius 3 is 2.06 bits per heavy atom. The number of aliphatic hydroxyl groups excluding tert-OH is 1. The molecule has 1 atom stereocenters. The van der Waals surface area contributed by atoms with Crippen molar-refractivity contribution in [3.05, 3.63) is 54.1 Å². The Hall–Kier alpha value is -3.19. The van der Waals surface area contributed by atoms with Gasteiger partial charge in [0, 0.05) is 12.7 Å². The summed E-state index contributed by atoms with van der Waals surface area (Å²) in [6.07, 6.45) is 0.428. The van der Waals surface area contributed by atoms with Crippen LogP contribution in [-0.2, 0) is 16.0 Å². The van der Waals surface area contributed by atoms with Gasteiger partial charge in [-0.15, -0.1) is 0 Å². The van der Waals surface area contributed by atoms with Crippen LogP contribution in [0.1, 0.15) is 47.1 Å². The summed E-state index contributed by atoms with van der Waals surface area (Å²) in [6.45, 7) is 15.2. The molecule has 0 bridgehead atoms. The van der Waals surface area contributed by atoms with Gasteiger partial charge in [0.25, 0.3) is 0 Å². The highest BCUT2D eigenvalue weighted by Crippen LogP contribution is 2.27. The van der Waals surface area contributed by atoms with Crippen LogP contribution in [0.3, 0.4) is 0 Å². The topological polar surface area (TPSA) is 103 Å². The van der Waals surface area contributed by atoms with Gasteiger partial charge >= 0.3 is 11.8 Å². The smallest absolute Gasteiger partial charge is 0.313 e. The van der Waals surface area contributed by atoms with Crippen molar-refractivity contribution in [2.45, 2.75) is 54.0 Å². The van der Waals surface area contributed by atoms with Gasteiger partial charge < -0.3 is 21.1 Å². The summed E-state index contributed by atoms with van der Waals surface area (Å²) in [5.41, 5.74) is 2.69. The van der Waals surface area contributed by atoms with E-state index in [4.69, 9.17) is 0 Å². The predicted octanol–water partition coefficient (Wildman–Crippen LogP) is 4.80. The van der Waals surface area contributed by atoms with E-state index in [1.165, 1.54) is 0 Å². The first kappa shape index (κ1) is 31.0. The van der Waals surface area contributed by atoms with E-state index in [0.717, 1.165) is 11.3 Å². The van der Waals surface area contributed by atoms with Crippen molar-refractivity contribution in [3.8, 4) is 0 Å². The fourth-order valence-corrected chi connectivity index (χ4v) is 2.45. The first-order valence-electron chi connectivity index (χ1n) is 11.1. The number of hydrogen-bond donors (Lipinski definition) is 4. The highest BCUT2D eigenvalue weighted by molar-refractivity contribution is 6.39. The maximum absolute atomic E-state index is 12.1. The first-order chi connectivity index (χ1) is 15.6. The molecule has 0 spiro atoms. The maximum Gasteiger partial charge on any atom is 0.313 e. The Balaban J connectivity index is 0. The van der Waals surface area contributed by atoms with Crippen LogP contribution in [0.4, 0.5) is 17.1 Å². The third kappa shape index (κ3) is 11.3. The van der Waals surface area contributed by atoms with E-state index in [2.05, 4.69) is 27.7 Å². The quantitative estimate of drug-likeness (QED) is 0.364. The van der Waals surface area contributed by atoms with Gasteiger partial charge in [-0.3, -0.25) is 14.6 Å². The zero-order valence-electron chi connectivity index (χ0n) is 20.5. The largest absolute Gasteiger partial charge is 0.394 e. The van der Waals surface area contributed by atoms with Crippen molar-refractivity contribution >= 4 is 35.6 Å². The summed E-state index contributed by atoms with van der Waals surface area (Å²) >= 11 is 0. The Morgan fingerprint density at radius 2 is 1.56 bits per heavy atom. The Bertz CT molecular complexity index is 780. The molecule has 7 heteroatoms. The lowest BCUT2D eigenvalue weighted by Gasteiger charge is -2.16. The van der Waals surface area contributed by atoms with Crippen LogP contribution in [0.15, 0.2) is 53.5 Å². The summed E-state index contributed by atoms with van der Waals surface area (Å²) in [4.78, 5) is 28.1. The second kappa shape index (κ2) is 19.8. The molecule has 4 N–H and O–H groups in total. The molecule has 2 aromatic carbocycles. The molecule has 0 aliphatic rings. The van der Waals surface area contributed by atoms with Crippen LogP contribution in [-0.4, -0.2) is 43.3 Å². The number of carbonyl (C=O) groups is 2. The molecule has 0 saturated heterocycles. The average Bonchev–Trinajstić information content (AvgIpc) is 2.87. The number of carbonyl (C=O) groups excluding carboxylic acids is 2. The lowest BCUT2D eigenvalue weighted by Crippen LogP contribution is -2.44. The number of benzene rings is 2. The second-order valence-electron chi connectivity index (χ2n) is 5.64. The molecule has 0 saturated carbocycles. The minimum atomic E-state index is -0.816. The molecular weight excluding hydrogens is 404 g/mol. The van der Waals surface area contributed by atoms with Crippen molar-refractivity contribution in [2.24, 2.45) is 4.99 Å². The van der Waals surface area contributed by atoms with Gasteiger partial charge in [0.2, 0.25) is 0 Å². The molecule has 32 heavy (non-hydrogen) atoms. The van der Waals surface area contributed by atoms with Crippen LogP contribution >= 0.6 is 0 Å². The van der Waals surface area contributed by atoms with E-state index in [0.29, 0.717) is 17.8 Å². The van der Waals surface area contributed by atoms with Gasteiger partial charge in [-0.2, -0.15) is 0 Å². The summed E-state index contributed by atoms with van der Waals surface area (Å²) in [7, 11) is 1.75. The standard InChI is InChI=1S/C19H22N4O3.3C2H6/c1-20-16-9-8-14(11-17(16)21-2)22-18(25)19(26)23-15(12-24)10-13-6-4-3-5-7-13;3*1-2/h3-9,11,15,20,24H,2,10,12H2,1H3,(H,22,25)(H,23,26);3*1-2H3. The average molecular weight is 445 g/mol. The van der Waals surface area contributed by atoms with Gasteiger partial charge in [0.1, 0.15) is 0 Å². The van der Waals surface area contributed by atoms with E-state index in [9.17, 15) is 14.7 Å². The molecule has 7 nitrogen and oxygen atoms in total. The van der Waals surface area contributed by atoms with E-state index in [1.807, 2.05) is 71.9 Å². The summed E-state index contributed by atoms with van der Waals surface area (Å²) < 4.78 is 0. The van der Waals surface area contributed by atoms with Gasteiger partial charge in [-0.05, 0) is 36.9 Å². The maximum atomic E-state index is 12.1. The van der Waals surface area contributed by atoms with Crippen LogP contribution in [0, 0.1) is 0 Å². The van der Waals surface area contributed by atoms with Crippen molar-refractivity contribution in [3.63, 3.8) is 0 Å². The monoisotopic (exact) mass is 444 g/mol. The molecule has 2 amide bonds. The molecule has 0 aliphatic carbocycles. The summed E-state index contributed by atoms with van der Waals surface area (Å²) in [5, 5.41) is 17.5. The highest BCUT2D eigenvalue weighted by atomic mass is 16.3. The van der Waals surface area contributed by atoms with Crippen molar-refractivity contribution in [2.75, 3.05) is 24.3 Å². The van der Waals surface area contributed by atoms with E-state index in [1.54, 1.807) is 25.2 Å². The number of nitrogens with one attached hydrogen (secondary N) is 3. The molecule has 178 valence electrons. The van der Waals surface area contributed by atoms with Crippen LogP contribution in [0.5, 0.6) is 0 Å². The third-order valence-corrected chi connectivity index (χ3v) is 3.78. The predicted molar refractivity (Wildman–Crippen MR) is 137 cm³/mol. The van der Waals surface area contributed by atoms with Crippen molar-refractivity contribution in [1.82, 2.24) is 5.32 Å². The number of anilines is 2. The molecule has 0 radical (unpaired) electrons. The van der Waals surface area contributed by atoms with Gasteiger partial charge in [0.15, 0.2) is 0 Å². The Kier molecular flexibility index (Phi) is 19.1. The summed E-state index contributed by atoms with van der Waals surface area (Å²) in [6, 6.07) is 13.9. The van der Waals surface area contributed by atoms with Crippen LogP contribution in [0.25, 0.3) is 0 Å². The zero-order valence-corrected chi connectivity index (χ0v) is 20.5. The first-order valence-corrected chi connectivity index (χ1v) is 11.1. The molecule has 1 unspecified atom stereocenters. The molecule has 2 aromatic rings. The van der Waals surface area contributed by atoms with Gasteiger partial charge in [-0.1, -0.05) is 71.9 Å². The number of amides is 2. The van der Waals surface area contributed by atoms with Crippen molar-refractivity contribution < 1.29 is 14.7 Å². The van der Waals surface area contributed by atoms with Crippen LogP contribution < -0.4 is 16.0 Å². The molecular formula is C25H40N4O3. The summed E-state index contributed by atoms with van der Waals surface area (Å²) in [5.74, 6) is -1.63. The number of aliphatic hydroxyl groups is 1. The lowest BCUT2D eigenvalue weighted by atomic mass is 10.1. The number of rotatable bonds is 7. The second-order valence-corrected chi connectivity index (χ2v) is 5.64. The normalized spacial score (nSPS) is 9.75. The van der Waals surface area contributed by atoms with Crippen LogP contribution in [0.2, 0.25) is 0 Å². The molecule has 2 rings (SSSR count). The van der Waals surface area contributed by atoms with Crippen molar-refractivity contribution in [1.29, 1.82) is 0 Å². The number of nitrogens with zero attached hydrogens (tertiary/aromatic N) is 1. The Labute approximate surface area is 193 Å². The van der Waals surface area contributed by atoms with Gasteiger partial charge in [0.05, 0.1) is 24.0 Å². The molecule has 0 aromatic heterocycles. The fourth-order valence-electron chi connectivity index (χ4n) is 2.45. The Morgan fingerprint density at radius 1 is 0.969 bits per heavy atom. The minimum absolute atomic E-state index is 0.269.